The highest BCUT2D eigenvalue weighted by atomic mass is 16.5. The van der Waals surface area contributed by atoms with Crippen LogP contribution in [0.4, 0.5) is 0 Å². The maximum Gasteiger partial charge on any atom is 0.208 e. The Labute approximate surface area is 131 Å². The molecule has 3 heterocycles. The largest absolute Gasteiger partial charge is 0.445 e. The van der Waals surface area contributed by atoms with Crippen LogP contribution in [0.25, 0.3) is 0 Å². The Morgan fingerprint density at radius 3 is 2.86 bits per heavy atom. The van der Waals surface area contributed by atoms with Gasteiger partial charge in [-0.15, -0.1) is 0 Å². The quantitative estimate of drug-likeness (QED) is 0.816. The fourth-order valence-corrected chi connectivity index (χ4v) is 3.20. The molecule has 0 aliphatic carbocycles. The van der Waals surface area contributed by atoms with E-state index in [0.29, 0.717) is 11.8 Å². The van der Waals surface area contributed by atoms with E-state index < -0.39 is 0 Å². The molecule has 1 saturated heterocycles. The van der Waals surface area contributed by atoms with Gasteiger partial charge in [0, 0.05) is 44.8 Å². The Morgan fingerprint density at radius 1 is 1.36 bits per heavy atom. The standard InChI is InChI=1S/C16H24N4O2/c1-4-21-11-14-8-20(10-16-17-5-12(2)22-16)9-15(14)13-6-18-19(3)7-13/h5-7,14-15H,4,8-11H2,1-3H3/t14-,15-/m0/s1. The summed E-state index contributed by atoms with van der Waals surface area (Å²) in [6, 6.07) is 0. The third kappa shape index (κ3) is 3.39. The van der Waals surface area contributed by atoms with Crippen LogP contribution in [-0.2, 0) is 18.3 Å². The lowest BCUT2D eigenvalue weighted by atomic mass is 9.92. The Bertz CT molecular complexity index is 607. The highest BCUT2D eigenvalue weighted by Gasteiger charge is 2.35. The molecule has 1 fully saturated rings. The number of oxazole rings is 1. The molecule has 0 saturated carbocycles. The molecular weight excluding hydrogens is 280 g/mol. The topological polar surface area (TPSA) is 56.3 Å². The van der Waals surface area contributed by atoms with Crippen molar-refractivity contribution in [1.29, 1.82) is 0 Å². The van der Waals surface area contributed by atoms with Gasteiger partial charge in [0.15, 0.2) is 0 Å². The molecule has 2 aromatic rings. The van der Waals surface area contributed by atoms with Crippen molar-refractivity contribution in [2.45, 2.75) is 26.3 Å². The smallest absolute Gasteiger partial charge is 0.208 e. The molecule has 3 rings (SSSR count). The summed E-state index contributed by atoms with van der Waals surface area (Å²) in [7, 11) is 1.96. The minimum absolute atomic E-state index is 0.455. The zero-order valence-electron chi connectivity index (χ0n) is 13.5. The number of rotatable bonds is 6. The number of hydrogen-bond donors (Lipinski definition) is 0. The third-order valence-corrected chi connectivity index (χ3v) is 4.23. The van der Waals surface area contributed by atoms with E-state index in [9.17, 15) is 0 Å². The highest BCUT2D eigenvalue weighted by Crippen LogP contribution is 2.33. The van der Waals surface area contributed by atoms with Crippen LogP contribution in [0, 0.1) is 12.8 Å². The SMILES string of the molecule is CCOC[C@@H]1CN(Cc2ncc(C)o2)C[C@H]1c1cnn(C)c1. The van der Waals surface area contributed by atoms with Crippen molar-refractivity contribution in [3.8, 4) is 0 Å². The first-order chi connectivity index (χ1) is 10.7. The second-order valence-electron chi connectivity index (χ2n) is 6.03. The average molecular weight is 304 g/mol. The lowest BCUT2D eigenvalue weighted by molar-refractivity contribution is 0.107. The molecule has 1 aliphatic rings. The summed E-state index contributed by atoms with van der Waals surface area (Å²) in [5.74, 6) is 2.60. The van der Waals surface area contributed by atoms with Gasteiger partial charge in [0.1, 0.15) is 5.76 Å². The number of aryl methyl sites for hydroxylation is 2. The van der Waals surface area contributed by atoms with Crippen LogP contribution < -0.4 is 0 Å². The van der Waals surface area contributed by atoms with Crippen LogP contribution in [0.15, 0.2) is 23.0 Å². The summed E-state index contributed by atoms with van der Waals surface area (Å²) in [5, 5.41) is 4.31. The van der Waals surface area contributed by atoms with Crippen molar-refractivity contribution < 1.29 is 9.15 Å². The average Bonchev–Trinajstić information content (AvgIpc) is 3.18. The van der Waals surface area contributed by atoms with E-state index in [4.69, 9.17) is 9.15 Å². The number of likely N-dealkylation sites (tertiary alicyclic amines) is 1. The van der Waals surface area contributed by atoms with Gasteiger partial charge in [-0.1, -0.05) is 0 Å². The van der Waals surface area contributed by atoms with Crippen molar-refractivity contribution >= 4 is 0 Å². The summed E-state index contributed by atoms with van der Waals surface area (Å²) >= 11 is 0. The van der Waals surface area contributed by atoms with E-state index >= 15 is 0 Å². The molecule has 120 valence electrons. The van der Waals surface area contributed by atoms with Gasteiger partial charge in [-0.2, -0.15) is 5.10 Å². The van der Waals surface area contributed by atoms with Gasteiger partial charge in [0.05, 0.1) is 25.5 Å². The molecule has 0 unspecified atom stereocenters. The molecule has 2 atom stereocenters. The Balaban J connectivity index is 1.70. The first-order valence-corrected chi connectivity index (χ1v) is 7.85. The van der Waals surface area contributed by atoms with Crippen LogP contribution in [-0.4, -0.2) is 46.0 Å². The minimum atomic E-state index is 0.455. The van der Waals surface area contributed by atoms with E-state index in [1.807, 2.05) is 31.8 Å². The summed E-state index contributed by atoms with van der Waals surface area (Å²) < 4.78 is 13.2. The second kappa shape index (κ2) is 6.62. The zero-order chi connectivity index (χ0) is 15.5. The summed E-state index contributed by atoms with van der Waals surface area (Å²) in [4.78, 5) is 6.71. The molecule has 0 N–H and O–H groups in total. The molecule has 6 nitrogen and oxygen atoms in total. The van der Waals surface area contributed by atoms with Gasteiger partial charge >= 0.3 is 0 Å². The first-order valence-electron chi connectivity index (χ1n) is 7.85. The maximum absolute atomic E-state index is 5.69. The monoisotopic (exact) mass is 304 g/mol. The number of nitrogens with zero attached hydrogens (tertiary/aromatic N) is 4. The van der Waals surface area contributed by atoms with Crippen LogP contribution in [0.5, 0.6) is 0 Å². The first kappa shape index (κ1) is 15.2. The van der Waals surface area contributed by atoms with Crippen molar-refractivity contribution in [2.24, 2.45) is 13.0 Å². The number of aromatic nitrogens is 3. The maximum atomic E-state index is 5.69. The molecule has 22 heavy (non-hydrogen) atoms. The molecule has 0 spiro atoms. The molecule has 0 aromatic carbocycles. The van der Waals surface area contributed by atoms with Gasteiger partial charge < -0.3 is 9.15 Å². The number of hydrogen-bond acceptors (Lipinski definition) is 5. The second-order valence-corrected chi connectivity index (χ2v) is 6.03. The van der Waals surface area contributed by atoms with Crippen molar-refractivity contribution in [2.75, 3.05) is 26.3 Å². The van der Waals surface area contributed by atoms with Gasteiger partial charge in [-0.05, 0) is 19.4 Å². The molecule has 0 radical (unpaired) electrons. The van der Waals surface area contributed by atoms with Gasteiger partial charge in [0.2, 0.25) is 5.89 Å². The minimum Gasteiger partial charge on any atom is -0.445 e. The Morgan fingerprint density at radius 2 is 2.23 bits per heavy atom. The van der Waals surface area contributed by atoms with Crippen molar-refractivity contribution in [3.05, 3.63) is 35.8 Å². The lowest BCUT2D eigenvalue weighted by Gasteiger charge is -2.16. The summed E-state index contributed by atoms with van der Waals surface area (Å²) in [6.07, 6.45) is 5.87. The van der Waals surface area contributed by atoms with Crippen LogP contribution in [0.1, 0.15) is 30.1 Å². The molecular formula is C16H24N4O2. The molecule has 0 bridgehead atoms. The Kier molecular flexibility index (Phi) is 4.59. The zero-order valence-corrected chi connectivity index (χ0v) is 13.5. The third-order valence-electron chi connectivity index (χ3n) is 4.23. The summed E-state index contributed by atoms with van der Waals surface area (Å²) in [5.41, 5.74) is 1.29. The predicted molar refractivity (Wildman–Crippen MR) is 82.4 cm³/mol. The van der Waals surface area contributed by atoms with Crippen molar-refractivity contribution in [3.63, 3.8) is 0 Å². The van der Waals surface area contributed by atoms with E-state index in [1.165, 1.54) is 5.56 Å². The van der Waals surface area contributed by atoms with Crippen LogP contribution in [0.2, 0.25) is 0 Å². The van der Waals surface area contributed by atoms with Gasteiger partial charge in [-0.3, -0.25) is 9.58 Å². The van der Waals surface area contributed by atoms with E-state index in [1.54, 1.807) is 6.20 Å². The summed E-state index contributed by atoms with van der Waals surface area (Å²) in [6.45, 7) is 8.27. The molecule has 2 aromatic heterocycles. The highest BCUT2D eigenvalue weighted by molar-refractivity contribution is 5.16. The van der Waals surface area contributed by atoms with Crippen molar-refractivity contribution in [1.82, 2.24) is 19.7 Å². The predicted octanol–water partition coefficient (Wildman–Crippen LogP) is 1.97. The molecule has 0 amide bonds. The fraction of sp³-hybridized carbons (Fsp3) is 0.625. The van der Waals surface area contributed by atoms with E-state index in [-0.39, 0.29) is 0 Å². The van der Waals surface area contributed by atoms with Gasteiger partial charge in [0.25, 0.3) is 0 Å². The fourth-order valence-electron chi connectivity index (χ4n) is 3.20. The van der Waals surface area contributed by atoms with E-state index in [0.717, 1.165) is 44.5 Å². The normalized spacial score (nSPS) is 22.5. The van der Waals surface area contributed by atoms with Crippen LogP contribution >= 0.6 is 0 Å². The molecule has 1 aliphatic heterocycles. The van der Waals surface area contributed by atoms with Gasteiger partial charge in [-0.25, -0.2) is 4.98 Å². The van der Waals surface area contributed by atoms with Crippen LogP contribution in [0.3, 0.4) is 0 Å². The Hall–Kier alpha value is -1.66. The lowest BCUT2D eigenvalue weighted by Crippen LogP contribution is -2.21. The van der Waals surface area contributed by atoms with E-state index in [2.05, 4.69) is 21.2 Å². The number of ether oxygens (including phenoxy) is 1. The molecule has 6 heteroatoms.